The molecular formula is C23H20N4O3S. The minimum Gasteiger partial charge on any atom is -0.338 e. The van der Waals surface area contributed by atoms with Crippen molar-refractivity contribution in [3.63, 3.8) is 0 Å². The van der Waals surface area contributed by atoms with Gasteiger partial charge in [-0.3, -0.25) is 24.7 Å². The van der Waals surface area contributed by atoms with Crippen LogP contribution in [0.3, 0.4) is 0 Å². The van der Waals surface area contributed by atoms with E-state index >= 15 is 0 Å². The minimum absolute atomic E-state index is 0.00359. The highest BCUT2D eigenvalue weighted by Crippen LogP contribution is 2.34. The first kappa shape index (κ1) is 19.6. The highest BCUT2D eigenvalue weighted by atomic mass is 32.1. The number of carbonyl (C=O) groups is 3. The van der Waals surface area contributed by atoms with Crippen molar-refractivity contribution in [2.75, 3.05) is 11.9 Å². The third-order valence-corrected chi connectivity index (χ3v) is 6.83. The fourth-order valence-electron chi connectivity index (χ4n) is 4.17. The van der Waals surface area contributed by atoms with Crippen LogP contribution in [0.4, 0.5) is 5.13 Å². The smallest absolute Gasteiger partial charge is 0.257 e. The van der Waals surface area contributed by atoms with Crippen molar-refractivity contribution in [1.82, 2.24) is 14.9 Å². The number of amides is 2. The summed E-state index contributed by atoms with van der Waals surface area (Å²) in [6.07, 6.45) is 4.51. The maximum Gasteiger partial charge on any atom is 0.257 e. The normalized spacial score (nSPS) is 17.6. The highest BCUT2D eigenvalue weighted by Gasteiger charge is 2.36. The minimum atomic E-state index is -0.406. The molecule has 2 aromatic heterocycles. The summed E-state index contributed by atoms with van der Waals surface area (Å²) in [5, 5.41) is 3.12. The predicted molar refractivity (Wildman–Crippen MR) is 116 cm³/mol. The number of ketones is 1. The molecule has 0 bridgehead atoms. The van der Waals surface area contributed by atoms with Crippen LogP contribution in [0.25, 0.3) is 0 Å². The van der Waals surface area contributed by atoms with Crippen molar-refractivity contribution in [2.24, 2.45) is 5.92 Å². The lowest BCUT2D eigenvalue weighted by atomic mass is 9.88. The van der Waals surface area contributed by atoms with Gasteiger partial charge in [0.05, 0.1) is 16.5 Å². The summed E-state index contributed by atoms with van der Waals surface area (Å²) in [4.78, 5) is 49.0. The Labute approximate surface area is 183 Å². The largest absolute Gasteiger partial charge is 0.338 e. The zero-order valence-corrected chi connectivity index (χ0v) is 17.5. The van der Waals surface area contributed by atoms with Gasteiger partial charge in [0.15, 0.2) is 10.9 Å². The van der Waals surface area contributed by atoms with E-state index in [9.17, 15) is 14.4 Å². The Hall–Kier alpha value is -3.39. The number of aromatic nitrogens is 2. The van der Waals surface area contributed by atoms with E-state index in [1.807, 2.05) is 17.0 Å². The van der Waals surface area contributed by atoms with Crippen LogP contribution in [0.2, 0.25) is 0 Å². The zero-order valence-electron chi connectivity index (χ0n) is 16.7. The average Bonchev–Trinajstić information content (AvgIpc) is 3.22. The van der Waals surface area contributed by atoms with Crippen LogP contribution in [0.5, 0.6) is 0 Å². The van der Waals surface area contributed by atoms with Crippen molar-refractivity contribution in [2.45, 2.75) is 25.8 Å². The molecule has 1 aliphatic heterocycles. The van der Waals surface area contributed by atoms with Crippen molar-refractivity contribution in [1.29, 1.82) is 0 Å². The van der Waals surface area contributed by atoms with Crippen LogP contribution in [-0.4, -0.2) is 39.0 Å². The Morgan fingerprint density at radius 3 is 2.65 bits per heavy atom. The summed E-state index contributed by atoms with van der Waals surface area (Å²) in [5.41, 5.74) is 3.51. The van der Waals surface area contributed by atoms with Crippen molar-refractivity contribution >= 4 is 34.1 Å². The number of carbonyl (C=O) groups excluding carboxylic acids is 3. The summed E-state index contributed by atoms with van der Waals surface area (Å²) in [7, 11) is 0. The highest BCUT2D eigenvalue weighted by molar-refractivity contribution is 7.17. The van der Waals surface area contributed by atoms with Crippen LogP contribution in [0, 0.1) is 5.92 Å². The van der Waals surface area contributed by atoms with Crippen LogP contribution in [-0.2, 0) is 24.2 Å². The number of benzene rings is 1. The van der Waals surface area contributed by atoms with Crippen molar-refractivity contribution < 1.29 is 14.4 Å². The molecule has 0 radical (unpaired) electrons. The molecule has 3 aromatic rings. The number of pyridine rings is 1. The second-order valence-corrected chi connectivity index (χ2v) is 8.79. The summed E-state index contributed by atoms with van der Waals surface area (Å²) in [6.45, 7) is 1.24. The molecule has 3 heterocycles. The lowest BCUT2D eigenvalue weighted by Crippen LogP contribution is -2.42. The fraction of sp³-hybridized carbons (Fsp3) is 0.261. The molecule has 1 unspecified atom stereocenters. The number of nitrogens with one attached hydrogen (secondary N) is 1. The number of nitrogens with zero attached hydrogens (tertiary/aromatic N) is 3. The van der Waals surface area contributed by atoms with Gasteiger partial charge in [-0.1, -0.05) is 35.6 Å². The maximum absolute atomic E-state index is 13.2. The zero-order chi connectivity index (χ0) is 21.4. The Morgan fingerprint density at radius 1 is 1.06 bits per heavy atom. The van der Waals surface area contributed by atoms with Gasteiger partial charge in [-0.15, -0.1) is 0 Å². The quantitative estimate of drug-likeness (QED) is 0.687. The van der Waals surface area contributed by atoms with Gasteiger partial charge in [0, 0.05) is 43.9 Å². The fourth-order valence-corrected chi connectivity index (χ4v) is 5.11. The van der Waals surface area contributed by atoms with Gasteiger partial charge >= 0.3 is 0 Å². The summed E-state index contributed by atoms with van der Waals surface area (Å²) in [5.74, 6) is -0.792. The second kappa shape index (κ2) is 8.03. The number of hydrogen-bond acceptors (Lipinski definition) is 6. The van der Waals surface area contributed by atoms with E-state index in [-0.39, 0.29) is 24.0 Å². The van der Waals surface area contributed by atoms with E-state index in [0.29, 0.717) is 40.8 Å². The molecule has 31 heavy (non-hydrogen) atoms. The maximum atomic E-state index is 13.2. The molecule has 1 atom stereocenters. The Balaban J connectivity index is 1.30. The molecule has 156 valence electrons. The van der Waals surface area contributed by atoms with E-state index in [1.54, 1.807) is 24.5 Å². The summed E-state index contributed by atoms with van der Waals surface area (Å²) >= 11 is 1.17. The molecule has 1 aromatic carbocycles. The van der Waals surface area contributed by atoms with Gasteiger partial charge < -0.3 is 4.90 Å². The van der Waals surface area contributed by atoms with E-state index in [4.69, 9.17) is 0 Å². The molecule has 5 rings (SSSR count). The van der Waals surface area contributed by atoms with E-state index in [2.05, 4.69) is 27.4 Å². The Kier molecular flexibility index (Phi) is 5.07. The first-order chi connectivity index (χ1) is 15.1. The molecule has 7 nitrogen and oxygen atoms in total. The van der Waals surface area contributed by atoms with E-state index in [0.717, 1.165) is 6.42 Å². The van der Waals surface area contributed by atoms with Crippen LogP contribution < -0.4 is 5.32 Å². The lowest BCUT2D eigenvalue weighted by molar-refractivity contribution is -0.136. The Bertz CT molecular complexity index is 1170. The molecule has 0 saturated carbocycles. The SMILES string of the molecule is O=C(Nc1nc2c(s1)C(=O)CC(C(=O)N1CCc3ccccc3C1)C2)c1ccncc1. The average molecular weight is 433 g/mol. The van der Waals surface area contributed by atoms with E-state index < -0.39 is 5.92 Å². The monoisotopic (exact) mass is 432 g/mol. The molecule has 2 amide bonds. The molecule has 0 spiro atoms. The van der Waals surface area contributed by atoms with Gasteiger partial charge in [-0.2, -0.15) is 0 Å². The molecule has 8 heteroatoms. The van der Waals surface area contributed by atoms with Crippen LogP contribution >= 0.6 is 11.3 Å². The van der Waals surface area contributed by atoms with Gasteiger partial charge in [-0.25, -0.2) is 4.98 Å². The molecule has 0 saturated heterocycles. The molecule has 1 aliphatic carbocycles. The number of fused-ring (bicyclic) bond motifs is 2. The van der Waals surface area contributed by atoms with Gasteiger partial charge in [0.2, 0.25) is 5.91 Å². The summed E-state index contributed by atoms with van der Waals surface area (Å²) in [6, 6.07) is 11.4. The van der Waals surface area contributed by atoms with Crippen LogP contribution in [0.1, 0.15) is 43.3 Å². The summed E-state index contributed by atoms with van der Waals surface area (Å²) < 4.78 is 0. The van der Waals surface area contributed by atoms with Gasteiger partial charge in [-0.05, 0) is 29.7 Å². The lowest BCUT2D eigenvalue weighted by Gasteiger charge is -2.32. The standard InChI is InChI=1S/C23H20N4O3S/c28-19-12-17(22(30)27-10-7-14-3-1-2-4-16(14)13-27)11-18-20(19)31-23(25-18)26-21(29)15-5-8-24-9-6-15/h1-6,8-9,17H,7,10-13H2,(H,25,26,29). The number of thiazole rings is 1. The van der Waals surface area contributed by atoms with Crippen LogP contribution in [0.15, 0.2) is 48.8 Å². The molecule has 0 fully saturated rings. The molecule has 2 aliphatic rings. The van der Waals surface area contributed by atoms with Gasteiger partial charge in [0.1, 0.15) is 0 Å². The first-order valence-corrected chi connectivity index (χ1v) is 11.0. The number of anilines is 1. The second-order valence-electron chi connectivity index (χ2n) is 7.79. The molecule has 1 N–H and O–H groups in total. The number of Topliss-reactive ketones (excluding diaryl/α,β-unsaturated/α-hetero) is 1. The first-order valence-electron chi connectivity index (χ1n) is 10.2. The topological polar surface area (TPSA) is 92.3 Å². The number of rotatable bonds is 3. The van der Waals surface area contributed by atoms with Gasteiger partial charge in [0.25, 0.3) is 5.91 Å². The number of hydrogen-bond donors (Lipinski definition) is 1. The predicted octanol–water partition coefficient (Wildman–Crippen LogP) is 3.12. The van der Waals surface area contributed by atoms with E-state index in [1.165, 1.54) is 22.5 Å². The Morgan fingerprint density at radius 2 is 1.84 bits per heavy atom. The third-order valence-electron chi connectivity index (χ3n) is 5.78. The third kappa shape index (κ3) is 3.86. The van der Waals surface area contributed by atoms with Crippen molar-refractivity contribution in [3.8, 4) is 0 Å². The van der Waals surface area contributed by atoms with Crippen molar-refractivity contribution in [3.05, 3.63) is 76.1 Å². The molecular weight excluding hydrogens is 412 g/mol.